The average molecular weight is 356 g/mol. The molecule has 2 aliphatic heterocycles. The van der Waals surface area contributed by atoms with Crippen LogP contribution in [0, 0.1) is 0 Å². The number of ether oxygens (including phenoxy) is 3. The van der Waals surface area contributed by atoms with Crippen LogP contribution in [0.15, 0.2) is 18.2 Å². The lowest BCUT2D eigenvalue weighted by Crippen LogP contribution is -2.48. The number of sulfonamides is 1. The summed E-state index contributed by atoms with van der Waals surface area (Å²) in [6.45, 7) is 2.09. The number of amides is 1. The summed E-state index contributed by atoms with van der Waals surface area (Å²) in [5.41, 5.74) is 0. The first-order chi connectivity index (χ1) is 11.6. The lowest BCUT2D eigenvalue weighted by atomic mass is 10.3. The topological polar surface area (TPSA) is 85.4 Å². The molecule has 24 heavy (non-hydrogen) atoms. The number of piperazine rings is 1. The molecule has 9 heteroatoms. The predicted octanol–water partition coefficient (Wildman–Crippen LogP) is 0.288. The zero-order valence-electron chi connectivity index (χ0n) is 13.2. The summed E-state index contributed by atoms with van der Waals surface area (Å²) in [7, 11) is -3.31. The zero-order chi connectivity index (χ0) is 17.0. The molecule has 0 radical (unpaired) electrons. The van der Waals surface area contributed by atoms with Crippen LogP contribution < -0.4 is 14.2 Å². The van der Waals surface area contributed by atoms with Gasteiger partial charge in [-0.2, -0.15) is 4.31 Å². The first-order valence-corrected chi connectivity index (χ1v) is 9.39. The average Bonchev–Trinajstić information content (AvgIpc) is 3.06. The first-order valence-electron chi connectivity index (χ1n) is 7.78. The van der Waals surface area contributed by atoms with Crippen LogP contribution in [0.5, 0.6) is 17.2 Å². The Bertz CT molecular complexity index is 685. The maximum Gasteiger partial charge on any atom is 0.231 e. The molecule has 0 bridgehead atoms. The summed E-state index contributed by atoms with van der Waals surface area (Å²) >= 11 is 0. The second-order valence-corrected chi connectivity index (χ2v) is 7.66. The third-order valence-electron chi connectivity index (χ3n) is 3.98. The SMILES string of the molecule is O=CN1CCN(S(=O)(=O)CCCOc2ccc3c(c2)OCO3)CC1. The van der Waals surface area contributed by atoms with E-state index in [9.17, 15) is 13.2 Å². The van der Waals surface area contributed by atoms with Crippen molar-refractivity contribution in [2.45, 2.75) is 6.42 Å². The normalized spacial score (nSPS) is 17.8. The maximum absolute atomic E-state index is 12.3. The van der Waals surface area contributed by atoms with Crippen molar-refractivity contribution in [3.05, 3.63) is 18.2 Å². The zero-order valence-corrected chi connectivity index (χ0v) is 14.0. The third kappa shape index (κ3) is 3.90. The van der Waals surface area contributed by atoms with Crippen molar-refractivity contribution < 1.29 is 27.4 Å². The molecule has 3 rings (SSSR count). The predicted molar refractivity (Wildman–Crippen MR) is 85.7 cm³/mol. The van der Waals surface area contributed by atoms with Gasteiger partial charge in [0.2, 0.25) is 23.2 Å². The number of carbonyl (C=O) groups excluding carboxylic acids is 1. The molecule has 0 atom stereocenters. The van der Waals surface area contributed by atoms with E-state index in [1.54, 1.807) is 23.1 Å². The van der Waals surface area contributed by atoms with Crippen LogP contribution in [0.25, 0.3) is 0 Å². The molecule has 0 spiro atoms. The molecule has 0 N–H and O–H groups in total. The minimum Gasteiger partial charge on any atom is -0.493 e. The summed E-state index contributed by atoms with van der Waals surface area (Å²) in [5.74, 6) is 1.96. The number of nitrogens with zero attached hydrogens (tertiary/aromatic N) is 2. The van der Waals surface area contributed by atoms with Gasteiger partial charge in [-0.3, -0.25) is 4.79 Å². The van der Waals surface area contributed by atoms with Crippen molar-refractivity contribution in [1.29, 1.82) is 0 Å². The number of hydrogen-bond acceptors (Lipinski definition) is 6. The Kier molecular flexibility index (Phi) is 5.10. The van der Waals surface area contributed by atoms with Gasteiger partial charge in [0.15, 0.2) is 11.5 Å². The van der Waals surface area contributed by atoms with E-state index in [1.165, 1.54) is 4.31 Å². The molecule has 2 heterocycles. The number of fused-ring (bicyclic) bond motifs is 1. The maximum atomic E-state index is 12.3. The molecule has 0 unspecified atom stereocenters. The molecule has 0 aromatic heterocycles. The number of benzene rings is 1. The van der Waals surface area contributed by atoms with Gasteiger partial charge in [0, 0.05) is 32.2 Å². The van der Waals surface area contributed by atoms with Crippen molar-refractivity contribution >= 4 is 16.4 Å². The fraction of sp³-hybridized carbons (Fsp3) is 0.533. The number of hydrogen-bond donors (Lipinski definition) is 0. The van der Waals surface area contributed by atoms with Crippen LogP contribution in [0.1, 0.15) is 6.42 Å². The van der Waals surface area contributed by atoms with Gasteiger partial charge in [-0.05, 0) is 18.6 Å². The van der Waals surface area contributed by atoms with E-state index in [2.05, 4.69) is 0 Å². The lowest BCUT2D eigenvalue weighted by Gasteiger charge is -2.31. The van der Waals surface area contributed by atoms with Crippen molar-refractivity contribution in [3.63, 3.8) is 0 Å². The number of rotatable bonds is 7. The molecule has 1 fully saturated rings. The largest absolute Gasteiger partial charge is 0.493 e. The quantitative estimate of drug-likeness (QED) is 0.516. The monoisotopic (exact) mass is 356 g/mol. The Balaban J connectivity index is 1.43. The van der Waals surface area contributed by atoms with Crippen molar-refractivity contribution in [1.82, 2.24) is 9.21 Å². The standard InChI is InChI=1S/C15H20N2O6S/c18-11-16-4-6-17(7-5-16)24(19,20)9-1-8-21-13-2-3-14-15(10-13)23-12-22-14/h2-3,10-11H,1,4-9,12H2. The van der Waals surface area contributed by atoms with Crippen molar-refractivity contribution in [3.8, 4) is 17.2 Å². The smallest absolute Gasteiger partial charge is 0.231 e. The summed E-state index contributed by atoms with van der Waals surface area (Å²) in [4.78, 5) is 12.2. The first kappa shape index (κ1) is 16.8. The Labute approximate surface area is 140 Å². The molecule has 132 valence electrons. The number of carbonyl (C=O) groups is 1. The van der Waals surface area contributed by atoms with Crippen molar-refractivity contribution in [2.75, 3.05) is 45.3 Å². The highest BCUT2D eigenvalue weighted by atomic mass is 32.2. The Morgan fingerprint density at radius 1 is 1.12 bits per heavy atom. The molecule has 1 aromatic rings. The van der Waals surface area contributed by atoms with Crippen LogP contribution in [0.3, 0.4) is 0 Å². The van der Waals surface area contributed by atoms with Crippen LogP contribution in [0.4, 0.5) is 0 Å². The van der Waals surface area contributed by atoms with E-state index in [1.807, 2.05) is 0 Å². The third-order valence-corrected chi connectivity index (χ3v) is 5.93. The van der Waals surface area contributed by atoms with E-state index in [4.69, 9.17) is 14.2 Å². The molecular weight excluding hydrogens is 336 g/mol. The van der Waals surface area contributed by atoms with E-state index in [-0.39, 0.29) is 12.5 Å². The van der Waals surface area contributed by atoms with E-state index in [0.717, 1.165) is 6.41 Å². The molecule has 0 aliphatic carbocycles. The van der Waals surface area contributed by atoms with Gasteiger partial charge in [-0.15, -0.1) is 0 Å². The summed E-state index contributed by atoms with van der Waals surface area (Å²) in [5, 5.41) is 0. The summed E-state index contributed by atoms with van der Waals surface area (Å²) < 4.78 is 42.0. The highest BCUT2D eigenvalue weighted by Crippen LogP contribution is 2.35. The Morgan fingerprint density at radius 2 is 1.88 bits per heavy atom. The molecule has 0 saturated carbocycles. The molecule has 8 nitrogen and oxygen atoms in total. The van der Waals surface area contributed by atoms with Crippen molar-refractivity contribution in [2.24, 2.45) is 0 Å². The second-order valence-electron chi connectivity index (χ2n) is 5.57. The van der Waals surface area contributed by atoms with Gasteiger partial charge in [0.05, 0.1) is 12.4 Å². The van der Waals surface area contributed by atoms with Gasteiger partial charge in [-0.25, -0.2) is 8.42 Å². The molecule has 2 aliphatic rings. The fourth-order valence-corrected chi connectivity index (χ4v) is 4.07. The Morgan fingerprint density at radius 3 is 2.62 bits per heavy atom. The summed E-state index contributed by atoms with van der Waals surface area (Å²) in [6, 6.07) is 5.26. The second kappa shape index (κ2) is 7.27. The minimum absolute atomic E-state index is 0.0264. The van der Waals surface area contributed by atoms with Crippen LogP contribution >= 0.6 is 0 Å². The highest BCUT2D eigenvalue weighted by Gasteiger charge is 2.25. The fourth-order valence-electron chi connectivity index (χ4n) is 2.61. The lowest BCUT2D eigenvalue weighted by molar-refractivity contribution is -0.119. The molecular formula is C15H20N2O6S. The van der Waals surface area contributed by atoms with Gasteiger partial charge >= 0.3 is 0 Å². The van der Waals surface area contributed by atoms with Gasteiger partial charge in [-0.1, -0.05) is 0 Å². The highest BCUT2D eigenvalue weighted by molar-refractivity contribution is 7.89. The van der Waals surface area contributed by atoms with Crippen LogP contribution in [0.2, 0.25) is 0 Å². The van der Waals surface area contributed by atoms with Gasteiger partial charge in [0.25, 0.3) is 0 Å². The summed E-state index contributed by atoms with van der Waals surface area (Å²) in [6.07, 6.45) is 1.15. The van der Waals surface area contributed by atoms with E-state index >= 15 is 0 Å². The van der Waals surface area contributed by atoms with Gasteiger partial charge in [0.1, 0.15) is 5.75 Å². The van der Waals surface area contributed by atoms with E-state index < -0.39 is 10.0 Å². The minimum atomic E-state index is -3.31. The molecule has 1 aromatic carbocycles. The van der Waals surface area contributed by atoms with Crippen LogP contribution in [-0.4, -0.2) is 69.4 Å². The Hall–Kier alpha value is -2.00. The molecule has 1 saturated heterocycles. The van der Waals surface area contributed by atoms with Crippen LogP contribution in [-0.2, 0) is 14.8 Å². The molecule has 1 amide bonds. The van der Waals surface area contributed by atoms with Gasteiger partial charge < -0.3 is 19.1 Å². The van der Waals surface area contributed by atoms with E-state index in [0.29, 0.717) is 56.5 Å².